The molecule has 0 spiro atoms. The molecule has 0 aliphatic rings. The van der Waals surface area contributed by atoms with Crippen LogP contribution >= 0.6 is 11.3 Å². The van der Waals surface area contributed by atoms with E-state index in [4.69, 9.17) is 0 Å². The van der Waals surface area contributed by atoms with Crippen molar-refractivity contribution >= 4 is 17.2 Å². The van der Waals surface area contributed by atoms with E-state index in [2.05, 4.69) is 33.9 Å². The zero-order chi connectivity index (χ0) is 15.2. The van der Waals surface area contributed by atoms with Crippen LogP contribution in [0.1, 0.15) is 31.5 Å². The van der Waals surface area contributed by atoms with E-state index in [1.165, 1.54) is 10.4 Å². The number of rotatable bonds is 7. The molecule has 0 bridgehead atoms. The van der Waals surface area contributed by atoms with Crippen molar-refractivity contribution in [2.45, 2.75) is 39.2 Å². The van der Waals surface area contributed by atoms with Crippen LogP contribution in [0.4, 0.5) is 0 Å². The molecule has 0 radical (unpaired) electrons. The summed E-state index contributed by atoms with van der Waals surface area (Å²) in [5.41, 5.74) is 2.17. The van der Waals surface area contributed by atoms with Gasteiger partial charge in [0.25, 0.3) is 0 Å². The number of likely N-dealkylation sites (N-methyl/N-ethyl adjacent to an activating group) is 1. The van der Waals surface area contributed by atoms with Gasteiger partial charge in [0.15, 0.2) is 0 Å². The summed E-state index contributed by atoms with van der Waals surface area (Å²) in [6.45, 7) is 4.89. The maximum Gasteiger partial charge on any atom is 0.223 e. The normalized spacial score (nSPS) is 12.3. The zero-order valence-electron chi connectivity index (χ0n) is 12.8. The maximum absolute atomic E-state index is 12.4. The van der Waals surface area contributed by atoms with E-state index in [0.717, 1.165) is 18.7 Å². The van der Waals surface area contributed by atoms with Crippen LogP contribution in [0.2, 0.25) is 0 Å². The molecule has 21 heavy (non-hydrogen) atoms. The van der Waals surface area contributed by atoms with Crippen LogP contribution in [-0.4, -0.2) is 38.4 Å². The van der Waals surface area contributed by atoms with Gasteiger partial charge in [-0.2, -0.15) is 26.3 Å². The lowest BCUT2D eigenvalue weighted by Crippen LogP contribution is -2.39. The molecule has 2 heterocycles. The molecule has 1 amide bonds. The third-order valence-electron chi connectivity index (χ3n) is 3.55. The molecule has 0 aromatic carbocycles. The van der Waals surface area contributed by atoms with Gasteiger partial charge < -0.3 is 4.90 Å². The highest BCUT2D eigenvalue weighted by Crippen LogP contribution is 2.13. The van der Waals surface area contributed by atoms with E-state index in [1.54, 1.807) is 24.6 Å². The first-order valence-electron chi connectivity index (χ1n) is 7.26. The third-order valence-corrected chi connectivity index (χ3v) is 4.28. The first-order valence-corrected chi connectivity index (χ1v) is 8.20. The fraction of sp³-hybridized carbons (Fsp3) is 0.533. The molecule has 0 N–H and O–H groups in total. The number of carbonyl (C=O) groups excluding carboxylic acids is 1. The van der Waals surface area contributed by atoms with Gasteiger partial charge >= 0.3 is 0 Å². The van der Waals surface area contributed by atoms with Crippen molar-refractivity contribution in [1.82, 2.24) is 19.9 Å². The molecule has 2 aromatic rings. The van der Waals surface area contributed by atoms with Gasteiger partial charge in [0.2, 0.25) is 5.91 Å². The summed E-state index contributed by atoms with van der Waals surface area (Å²) in [6, 6.07) is 2.35. The number of aryl methyl sites for hydroxylation is 2. The lowest BCUT2D eigenvalue weighted by molar-refractivity contribution is -0.132. The minimum Gasteiger partial charge on any atom is -0.340 e. The summed E-state index contributed by atoms with van der Waals surface area (Å²) < 4.78 is 0. The van der Waals surface area contributed by atoms with Crippen molar-refractivity contribution in [3.63, 3.8) is 0 Å². The van der Waals surface area contributed by atoms with E-state index in [-0.39, 0.29) is 11.9 Å². The van der Waals surface area contributed by atoms with Gasteiger partial charge in [-0.1, -0.05) is 0 Å². The molecule has 0 saturated carbocycles. The lowest BCUT2D eigenvalue weighted by Gasteiger charge is -2.28. The molecule has 2 aromatic heterocycles. The average molecular weight is 306 g/mol. The minimum absolute atomic E-state index is 0.186. The van der Waals surface area contributed by atoms with E-state index in [0.29, 0.717) is 12.8 Å². The molecule has 0 aliphatic carbocycles. The summed E-state index contributed by atoms with van der Waals surface area (Å²) in [7, 11) is 1.78. The lowest BCUT2D eigenvalue weighted by atomic mass is 10.1. The third kappa shape index (κ3) is 4.39. The first-order chi connectivity index (χ1) is 10.1. The molecular weight excluding hydrogens is 284 g/mol. The molecule has 6 heteroatoms. The molecule has 1 unspecified atom stereocenters. The van der Waals surface area contributed by atoms with Crippen LogP contribution in [0.25, 0.3) is 0 Å². The largest absolute Gasteiger partial charge is 0.340 e. The quantitative estimate of drug-likeness (QED) is 0.788. The van der Waals surface area contributed by atoms with Gasteiger partial charge in [0, 0.05) is 32.5 Å². The van der Waals surface area contributed by atoms with E-state index in [9.17, 15) is 4.79 Å². The van der Waals surface area contributed by atoms with Gasteiger partial charge in [0.1, 0.15) is 0 Å². The van der Waals surface area contributed by atoms with Crippen LogP contribution in [0.5, 0.6) is 0 Å². The Morgan fingerprint density at radius 1 is 1.52 bits per heavy atom. The molecule has 0 fully saturated rings. The highest BCUT2D eigenvalue weighted by atomic mass is 32.1. The molecular formula is C15H22N4OS. The summed E-state index contributed by atoms with van der Waals surface area (Å²) in [5.74, 6) is 0.186. The summed E-state index contributed by atoms with van der Waals surface area (Å²) >= 11 is 1.70. The Kier molecular flexibility index (Phi) is 5.50. The fourth-order valence-electron chi connectivity index (χ4n) is 2.47. The van der Waals surface area contributed by atoms with Gasteiger partial charge in [-0.05, 0) is 42.7 Å². The number of hydrogen-bond donors (Lipinski definition) is 0. The number of nitrogens with zero attached hydrogens (tertiary/aromatic N) is 4. The van der Waals surface area contributed by atoms with Crippen molar-refractivity contribution < 1.29 is 4.79 Å². The van der Waals surface area contributed by atoms with Crippen LogP contribution in [0.3, 0.4) is 0 Å². The van der Waals surface area contributed by atoms with Crippen LogP contribution in [0, 0.1) is 0 Å². The minimum atomic E-state index is 0.186. The summed E-state index contributed by atoms with van der Waals surface area (Å²) in [5, 5.41) is 12.5. The van der Waals surface area contributed by atoms with E-state index >= 15 is 0 Å². The number of aromatic nitrogens is 3. The van der Waals surface area contributed by atoms with Crippen molar-refractivity contribution in [1.29, 1.82) is 0 Å². The second-order valence-corrected chi connectivity index (χ2v) is 5.97. The van der Waals surface area contributed by atoms with Crippen LogP contribution in [0.15, 0.2) is 23.0 Å². The smallest absolute Gasteiger partial charge is 0.223 e. The SMILES string of the molecule is CCN(C(=O)CCc1cnn(C)n1)C(C)Cc1ccsc1. The zero-order valence-corrected chi connectivity index (χ0v) is 13.6. The molecule has 5 nitrogen and oxygen atoms in total. The van der Waals surface area contributed by atoms with E-state index < -0.39 is 0 Å². The highest BCUT2D eigenvalue weighted by Gasteiger charge is 2.19. The number of amides is 1. The van der Waals surface area contributed by atoms with Crippen molar-refractivity contribution in [3.05, 3.63) is 34.3 Å². The Balaban J connectivity index is 1.88. The van der Waals surface area contributed by atoms with E-state index in [1.807, 2.05) is 11.8 Å². The first kappa shape index (κ1) is 15.7. The second kappa shape index (κ2) is 7.36. The Labute approximate surface area is 129 Å². The van der Waals surface area contributed by atoms with Crippen molar-refractivity contribution in [2.75, 3.05) is 6.54 Å². The Bertz CT molecular complexity index is 564. The van der Waals surface area contributed by atoms with Crippen LogP contribution in [-0.2, 0) is 24.7 Å². The number of thiophene rings is 1. The fourth-order valence-corrected chi connectivity index (χ4v) is 3.16. The maximum atomic E-state index is 12.4. The van der Waals surface area contributed by atoms with Crippen molar-refractivity contribution in [3.8, 4) is 0 Å². The number of hydrogen-bond acceptors (Lipinski definition) is 4. The predicted molar refractivity (Wildman–Crippen MR) is 84.2 cm³/mol. The Morgan fingerprint density at radius 3 is 2.90 bits per heavy atom. The molecule has 1 atom stereocenters. The predicted octanol–water partition coefficient (Wildman–Crippen LogP) is 2.29. The van der Waals surface area contributed by atoms with Gasteiger partial charge in [-0.15, -0.1) is 0 Å². The summed E-state index contributed by atoms with van der Waals surface area (Å²) in [4.78, 5) is 15.9. The van der Waals surface area contributed by atoms with Crippen LogP contribution < -0.4 is 0 Å². The Hall–Kier alpha value is -1.69. The number of carbonyl (C=O) groups is 1. The molecule has 0 aliphatic heterocycles. The van der Waals surface area contributed by atoms with Crippen molar-refractivity contribution in [2.24, 2.45) is 7.05 Å². The Morgan fingerprint density at radius 2 is 2.33 bits per heavy atom. The van der Waals surface area contributed by atoms with Gasteiger partial charge in [-0.3, -0.25) is 4.79 Å². The monoisotopic (exact) mass is 306 g/mol. The molecule has 0 saturated heterocycles. The highest BCUT2D eigenvalue weighted by molar-refractivity contribution is 7.07. The average Bonchev–Trinajstić information content (AvgIpc) is 3.09. The topological polar surface area (TPSA) is 51.0 Å². The standard InChI is InChI=1S/C15H22N4OS/c1-4-19(12(2)9-13-7-8-21-11-13)15(20)6-5-14-10-16-18(3)17-14/h7-8,10-12H,4-6,9H2,1-3H3. The van der Waals surface area contributed by atoms with Gasteiger partial charge in [0.05, 0.1) is 11.9 Å². The summed E-state index contributed by atoms with van der Waals surface area (Å²) in [6.07, 6.45) is 3.77. The van der Waals surface area contributed by atoms with Gasteiger partial charge in [-0.25, -0.2) is 0 Å². The molecule has 2 rings (SSSR count). The second-order valence-electron chi connectivity index (χ2n) is 5.19. The molecule has 114 valence electrons.